The van der Waals surface area contributed by atoms with Crippen LogP contribution in [0.25, 0.3) is 0 Å². The lowest BCUT2D eigenvalue weighted by atomic mass is 10.2. The van der Waals surface area contributed by atoms with Gasteiger partial charge in [-0.1, -0.05) is 0 Å². The Kier molecular flexibility index (Phi) is 4.00. The van der Waals surface area contributed by atoms with Crippen molar-refractivity contribution in [1.29, 1.82) is 0 Å². The second-order valence-electron chi connectivity index (χ2n) is 3.85. The van der Waals surface area contributed by atoms with Crippen molar-refractivity contribution in [1.82, 2.24) is 9.97 Å². The Bertz CT molecular complexity index is 377. The van der Waals surface area contributed by atoms with E-state index in [0.29, 0.717) is 12.1 Å². The van der Waals surface area contributed by atoms with Crippen LogP contribution in [-0.4, -0.2) is 29.2 Å². The minimum atomic E-state index is 0.256. The zero-order chi connectivity index (χ0) is 11.5. The fourth-order valence-electron chi connectivity index (χ4n) is 1.93. The van der Waals surface area contributed by atoms with Crippen molar-refractivity contribution in [3.05, 3.63) is 16.0 Å². The van der Waals surface area contributed by atoms with E-state index in [9.17, 15) is 0 Å². The van der Waals surface area contributed by atoms with E-state index in [-0.39, 0.29) is 5.28 Å². The smallest absolute Gasteiger partial charge is 0.224 e. The van der Waals surface area contributed by atoms with Crippen LogP contribution in [0.4, 0.5) is 5.82 Å². The summed E-state index contributed by atoms with van der Waals surface area (Å²) in [6.07, 6.45) is 5.19. The van der Waals surface area contributed by atoms with Gasteiger partial charge in [-0.2, -0.15) is 4.98 Å². The molecule has 0 aliphatic heterocycles. The third-order valence-electron chi connectivity index (χ3n) is 2.77. The predicted octanol–water partition coefficient (Wildman–Crippen LogP) is 2.87. The molecule has 1 heterocycles. The molecule has 1 aromatic rings. The fourth-order valence-corrected chi connectivity index (χ4v) is 2.36. The molecule has 0 bridgehead atoms. The van der Waals surface area contributed by atoms with E-state index in [1.54, 1.807) is 13.3 Å². The molecule has 2 rings (SSSR count). The molecule has 6 heteroatoms. The average molecular weight is 307 g/mol. The molecule has 0 saturated heterocycles. The molecular weight excluding hydrogens is 293 g/mol. The fraction of sp³-hybridized carbons (Fsp3) is 0.600. The maximum atomic E-state index is 5.75. The van der Waals surface area contributed by atoms with E-state index in [2.05, 4.69) is 31.2 Å². The maximum Gasteiger partial charge on any atom is 0.224 e. The zero-order valence-corrected chi connectivity index (χ0v) is 11.3. The predicted molar refractivity (Wildman–Crippen MR) is 66.8 cm³/mol. The highest BCUT2D eigenvalue weighted by Crippen LogP contribution is 2.27. The van der Waals surface area contributed by atoms with Crippen LogP contribution in [-0.2, 0) is 4.74 Å². The van der Waals surface area contributed by atoms with Gasteiger partial charge in [0.25, 0.3) is 0 Å². The first-order valence-corrected chi connectivity index (χ1v) is 6.33. The lowest BCUT2D eigenvalue weighted by Crippen LogP contribution is -2.18. The number of hydrogen-bond donors (Lipinski definition) is 1. The first-order valence-electron chi connectivity index (χ1n) is 5.16. The monoisotopic (exact) mass is 305 g/mol. The summed E-state index contributed by atoms with van der Waals surface area (Å²) in [7, 11) is 1.75. The number of nitrogens with one attached hydrogen (secondary N) is 1. The summed E-state index contributed by atoms with van der Waals surface area (Å²) < 4.78 is 6.15. The molecule has 1 aromatic heterocycles. The van der Waals surface area contributed by atoms with Gasteiger partial charge in [-0.3, -0.25) is 0 Å². The number of methoxy groups -OCH3 is 1. The Morgan fingerprint density at radius 2 is 2.38 bits per heavy atom. The highest BCUT2D eigenvalue weighted by atomic mass is 79.9. The van der Waals surface area contributed by atoms with Crippen molar-refractivity contribution in [3.8, 4) is 0 Å². The number of anilines is 1. The van der Waals surface area contributed by atoms with E-state index in [1.807, 2.05) is 0 Å². The Hall–Kier alpha value is -0.390. The molecule has 0 radical (unpaired) electrons. The van der Waals surface area contributed by atoms with Crippen molar-refractivity contribution in [2.75, 3.05) is 12.4 Å². The van der Waals surface area contributed by atoms with Crippen LogP contribution in [0.5, 0.6) is 0 Å². The molecule has 1 aliphatic carbocycles. The van der Waals surface area contributed by atoms with Gasteiger partial charge in [0.05, 0.1) is 10.6 Å². The molecule has 2 atom stereocenters. The number of ether oxygens (including phenoxy) is 1. The molecule has 0 aromatic carbocycles. The normalized spacial score (nSPS) is 24.7. The Labute approximate surface area is 108 Å². The van der Waals surface area contributed by atoms with Gasteiger partial charge in [0.15, 0.2) is 0 Å². The van der Waals surface area contributed by atoms with Crippen molar-refractivity contribution >= 4 is 33.3 Å². The Morgan fingerprint density at radius 3 is 3.06 bits per heavy atom. The van der Waals surface area contributed by atoms with Crippen LogP contribution in [0.15, 0.2) is 10.7 Å². The average Bonchev–Trinajstić information content (AvgIpc) is 2.71. The molecule has 0 spiro atoms. The first-order chi connectivity index (χ1) is 7.69. The zero-order valence-electron chi connectivity index (χ0n) is 8.91. The molecule has 2 unspecified atom stereocenters. The lowest BCUT2D eigenvalue weighted by Gasteiger charge is -2.14. The van der Waals surface area contributed by atoms with Crippen LogP contribution in [0.3, 0.4) is 0 Å². The largest absolute Gasteiger partial charge is 0.381 e. The summed E-state index contributed by atoms with van der Waals surface area (Å²) in [5.74, 6) is 0.752. The van der Waals surface area contributed by atoms with Crippen LogP contribution in [0, 0.1) is 0 Å². The maximum absolute atomic E-state index is 5.75. The molecular formula is C10H13BrClN3O. The lowest BCUT2D eigenvalue weighted by molar-refractivity contribution is 0.108. The molecule has 88 valence electrons. The van der Waals surface area contributed by atoms with E-state index in [1.165, 1.54) is 0 Å². The SMILES string of the molecule is COC1CCC(Nc2nc(Cl)ncc2Br)C1. The van der Waals surface area contributed by atoms with Gasteiger partial charge < -0.3 is 10.1 Å². The van der Waals surface area contributed by atoms with Crippen molar-refractivity contribution in [2.45, 2.75) is 31.4 Å². The van der Waals surface area contributed by atoms with E-state index in [4.69, 9.17) is 16.3 Å². The van der Waals surface area contributed by atoms with Crippen molar-refractivity contribution in [3.63, 3.8) is 0 Å². The van der Waals surface area contributed by atoms with E-state index in [0.717, 1.165) is 29.6 Å². The van der Waals surface area contributed by atoms with Gasteiger partial charge in [0, 0.05) is 19.3 Å². The summed E-state index contributed by atoms with van der Waals surface area (Å²) in [6.45, 7) is 0. The molecule has 16 heavy (non-hydrogen) atoms. The summed E-state index contributed by atoms with van der Waals surface area (Å²) in [5, 5.41) is 3.61. The minimum absolute atomic E-state index is 0.256. The van der Waals surface area contributed by atoms with Gasteiger partial charge in [-0.25, -0.2) is 4.98 Å². The first kappa shape index (κ1) is 12.1. The number of aromatic nitrogens is 2. The quantitative estimate of drug-likeness (QED) is 0.872. The highest BCUT2D eigenvalue weighted by molar-refractivity contribution is 9.10. The van der Waals surface area contributed by atoms with Crippen molar-refractivity contribution in [2.24, 2.45) is 0 Å². The van der Waals surface area contributed by atoms with Crippen LogP contribution >= 0.6 is 27.5 Å². The van der Waals surface area contributed by atoms with Crippen LogP contribution in [0.1, 0.15) is 19.3 Å². The minimum Gasteiger partial charge on any atom is -0.381 e. The third-order valence-corrected chi connectivity index (χ3v) is 3.54. The molecule has 1 aliphatic rings. The molecule has 4 nitrogen and oxygen atoms in total. The number of halogens is 2. The molecule has 0 amide bonds. The summed E-state index contributed by atoms with van der Waals surface area (Å²) >= 11 is 9.14. The topological polar surface area (TPSA) is 47.0 Å². The molecule has 1 saturated carbocycles. The van der Waals surface area contributed by atoms with Gasteiger partial charge in [0.1, 0.15) is 5.82 Å². The Morgan fingerprint density at radius 1 is 1.56 bits per heavy atom. The third kappa shape index (κ3) is 2.84. The second-order valence-corrected chi connectivity index (χ2v) is 5.04. The van der Waals surface area contributed by atoms with Crippen molar-refractivity contribution < 1.29 is 4.74 Å². The molecule has 1 fully saturated rings. The second kappa shape index (κ2) is 5.29. The van der Waals surface area contributed by atoms with E-state index >= 15 is 0 Å². The van der Waals surface area contributed by atoms with E-state index < -0.39 is 0 Å². The van der Waals surface area contributed by atoms with Crippen LogP contribution in [0.2, 0.25) is 5.28 Å². The highest BCUT2D eigenvalue weighted by Gasteiger charge is 2.25. The molecule has 1 N–H and O–H groups in total. The summed E-state index contributed by atoms with van der Waals surface area (Å²) in [5.41, 5.74) is 0. The Balaban J connectivity index is 2.01. The van der Waals surface area contributed by atoms with Gasteiger partial charge in [-0.15, -0.1) is 0 Å². The number of rotatable bonds is 3. The van der Waals surface area contributed by atoms with Crippen LogP contribution < -0.4 is 5.32 Å². The standard InChI is InChI=1S/C10H13BrClN3O/c1-16-7-3-2-6(4-7)14-9-8(11)5-13-10(12)15-9/h5-7H,2-4H2,1H3,(H,13,14,15). The van der Waals surface area contributed by atoms with Gasteiger partial charge >= 0.3 is 0 Å². The number of hydrogen-bond acceptors (Lipinski definition) is 4. The summed E-state index contributed by atoms with van der Waals surface area (Å²) in [4.78, 5) is 8.03. The van der Waals surface area contributed by atoms with Gasteiger partial charge in [0.2, 0.25) is 5.28 Å². The number of nitrogens with zero attached hydrogens (tertiary/aromatic N) is 2. The summed E-state index contributed by atoms with van der Waals surface area (Å²) in [6, 6.07) is 0.396. The van der Waals surface area contributed by atoms with Gasteiger partial charge in [-0.05, 0) is 46.8 Å².